The fraction of sp³-hybridized carbons (Fsp3) is 0.353. The highest BCUT2D eigenvalue weighted by atomic mass is 35.5. The van der Waals surface area contributed by atoms with Crippen LogP contribution in [0.2, 0.25) is 5.02 Å². The molecule has 0 aliphatic carbocycles. The van der Waals surface area contributed by atoms with E-state index in [2.05, 4.69) is 21.3 Å². The molecule has 130 valence electrons. The van der Waals surface area contributed by atoms with E-state index < -0.39 is 12.1 Å². The number of halogens is 1. The molecule has 1 aromatic carbocycles. The van der Waals surface area contributed by atoms with Gasteiger partial charge in [0.05, 0.1) is 6.54 Å². The lowest BCUT2D eigenvalue weighted by molar-refractivity contribution is -0.132. The molecule has 1 atom stereocenters. The van der Waals surface area contributed by atoms with Crippen LogP contribution in [0.5, 0.6) is 0 Å². The SMILES string of the molecule is O=C1NC(=O)C(CCC(=O)N2CCn3c(cc4ccc(Cl)cc43)C2)N1. The van der Waals surface area contributed by atoms with E-state index in [0.717, 1.165) is 16.6 Å². The summed E-state index contributed by atoms with van der Waals surface area (Å²) in [6.07, 6.45) is 0.538. The summed E-state index contributed by atoms with van der Waals surface area (Å²) in [5.41, 5.74) is 2.16. The van der Waals surface area contributed by atoms with E-state index in [1.165, 1.54) is 0 Å². The van der Waals surface area contributed by atoms with E-state index in [4.69, 9.17) is 11.6 Å². The van der Waals surface area contributed by atoms with Crippen LogP contribution in [0.25, 0.3) is 10.9 Å². The highest BCUT2D eigenvalue weighted by molar-refractivity contribution is 6.31. The molecule has 2 aliphatic heterocycles. The van der Waals surface area contributed by atoms with Crippen molar-refractivity contribution in [3.05, 3.63) is 35.0 Å². The van der Waals surface area contributed by atoms with Crippen molar-refractivity contribution in [1.82, 2.24) is 20.1 Å². The number of nitrogens with zero attached hydrogens (tertiary/aromatic N) is 2. The lowest BCUT2D eigenvalue weighted by Crippen LogP contribution is -2.39. The molecule has 2 aliphatic rings. The molecule has 3 heterocycles. The normalized spacial score (nSPS) is 19.7. The van der Waals surface area contributed by atoms with Crippen molar-refractivity contribution in [2.45, 2.75) is 32.0 Å². The third kappa shape index (κ3) is 2.95. The van der Waals surface area contributed by atoms with E-state index >= 15 is 0 Å². The molecule has 0 radical (unpaired) electrons. The first-order valence-electron chi connectivity index (χ1n) is 8.18. The van der Waals surface area contributed by atoms with Gasteiger partial charge in [-0.25, -0.2) is 4.79 Å². The third-order valence-corrected chi connectivity index (χ3v) is 4.99. The molecule has 1 aromatic heterocycles. The van der Waals surface area contributed by atoms with Crippen LogP contribution in [0.1, 0.15) is 18.5 Å². The van der Waals surface area contributed by atoms with Gasteiger partial charge in [0.2, 0.25) is 5.91 Å². The van der Waals surface area contributed by atoms with Crippen LogP contribution in [0.4, 0.5) is 4.79 Å². The molecule has 0 saturated carbocycles. The van der Waals surface area contributed by atoms with Crippen LogP contribution in [0.15, 0.2) is 24.3 Å². The number of fused-ring (bicyclic) bond motifs is 3. The van der Waals surface area contributed by atoms with Gasteiger partial charge in [0, 0.05) is 41.1 Å². The summed E-state index contributed by atoms with van der Waals surface area (Å²) in [7, 11) is 0. The first-order valence-corrected chi connectivity index (χ1v) is 8.56. The van der Waals surface area contributed by atoms with Gasteiger partial charge in [-0.15, -0.1) is 0 Å². The number of urea groups is 1. The molecule has 1 fully saturated rings. The van der Waals surface area contributed by atoms with E-state index in [1.54, 1.807) is 4.90 Å². The number of carbonyl (C=O) groups excluding carboxylic acids is 3. The lowest BCUT2D eigenvalue weighted by Gasteiger charge is -2.29. The lowest BCUT2D eigenvalue weighted by atomic mass is 10.1. The Morgan fingerprint density at radius 1 is 1.24 bits per heavy atom. The fourth-order valence-electron chi connectivity index (χ4n) is 3.48. The van der Waals surface area contributed by atoms with Crippen LogP contribution in [0, 0.1) is 0 Å². The van der Waals surface area contributed by atoms with E-state index in [0.29, 0.717) is 31.1 Å². The highest BCUT2D eigenvalue weighted by Crippen LogP contribution is 2.27. The quantitative estimate of drug-likeness (QED) is 0.816. The average molecular weight is 361 g/mol. The number of rotatable bonds is 3. The molecule has 1 saturated heterocycles. The zero-order chi connectivity index (χ0) is 17.6. The number of nitrogens with one attached hydrogen (secondary N) is 2. The second kappa shape index (κ2) is 6.07. The maximum Gasteiger partial charge on any atom is 0.322 e. The zero-order valence-corrected chi connectivity index (χ0v) is 14.2. The second-order valence-electron chi connectivity index (χ2n) is 6.36. The molecule has 25 heavy (non-hydrogen) atoms. The van der Waals surface area contributed by atoms with Crippen LogP contribution in [0.3, 0.4) is 0 Å². The molecule has 8 heteroatoms. The minimum absolute atomic E-state index is 0.0107. The highest BCUT2D eigenvalue weighted by Gasteiger charge is 2.30. The van der Waals surface area contributed by atoms with E-state index in [-0.39, 0.29) is 18.2 Å². The number of carbonyl (C=O) groups is 3. The third-order valence-electron chi connectivity index (χ3n) is 4.76. The van der Waals surface area contributed by atoms with Crippen molar-refractivity contribution in [3.8, 4) is 0 Å². The maximum absolute atomic E-state index is 12.5. The Balaban J connectivity index is 1.43. The van der Waals surface area contributed by atoms with Crippen molar-refractivity contribution < 1.29 is 14.4 Å². The molecule has 1 unspecified atom stereocenters. The summed E-state index contributed by atoms with van der Waals surface area (Å²) in [6.45, 7) is 1.87. The van der Waals surface area contributed by atoms with Gasteiger partial charge in [-0.3, -0.25) is 14.9 Å². The standard InChI is InChI=1S/C17H17ClN4O3/c18-11-2-1-10-7-12-9-21(5-6-22(12)14(10)8-11)15(23)4-3-13-16(24)20-17(25)19-13/h1-2,7-8,13H,3-6,9H2,(H2,19,20,24,25). The Kier molecular flexibility index (Phi) is 3.88. The van der Waals surface area contributed by atoms with Crippen molar-refractivity contribution in [2.24, 2.45) is 0 Å². The van der Waals surface area contributed by atoms with Gasteiger partial charge in [-0.1, -0.05) is 17.7 Å². The summed E-state index contributed by atoms with van der Waals surface area (Å²) in [4.78, 5) is 36.9. The average Bonchev–Trinajstić information content (AvgIpc) is 3.10. The molecular formula is C17H17ClN4O3. The molecule has 7 nitrogen and oxygen atoms in total. The fourth-order valence-corrected chi connectivity index (χ4v) is 3.64. The summed E-state index contributed by atoms with van der Waals surface area (Å²) in [6, 6.07) is 6.75. The van der Waals surface area contributed by atoms with E-state index in [9.17, 15) is 14.4 Å². The second-order valence-corrected chi connectivity index (χ2v) is 6.80. The molecule has 0 spiro atoms. The maximum atomic E-state index is 12.5. The number of hydrogen-bond donors (Lipinski definition) is 2. The van der Waals surface area contributed by atoms with Crippen LogP contribution >= 0.6 is 11.6 Å². The Bertz CT molecular complexity index is 891. The summed E-state index contributed by atoms with van der Waals surface area (Å²) < 4.78 is 2.19. The Morgan fingerprint density at radius 3 is 2.84 bits per heavy atom. The monoisotopic (exact) mass is 360 g/mol. The molecule has 2 aromatic rings. The molecule has 2 N–H and O–H groups in total. The van der Waals surface area contributed by atoms with Crippen LogP contribution in [-0.4, -0.2) is 39.9 Å². The van der Waals surface area contributed by atoms with Gasteiger partial charge in [-0.05, 0) is 24.6 Å². The van der Waals surface area contributed by atoms with Gasteiger partial charge < -0.3 is 14.8 Å². The van der Waals surface area contributed by atoms with Gasteiger partial charge in [0.25, 0.3) is 5.91 Å². The summed E-state index contributed by atoms with van der Waals surface area (Å²) in [5.74, 6) is -0.378. The first kappa shape index (κ1) is 16.0. The van der Waals surface area contributed by atoms with Gasteiger partial charge in [0.1, 0.15) is 6.04 Å². The molecule has 4 amide bonds. The van der Waals surface area contributed by atoms with Crippen molar-refractivity contribution in [2.75, 3.05) is 6.54 Å². The summed E-state index contributed by atoms with van der Waals surface area (Å²) >= 11 is 6.08. The number of imide groups is 1. The number of aromatic nitrogens is 1. The van der Waals surface area contributed by atoms with Crippen molar-refractivity contribution in [1.29, 1.82) is 0 Å². The van der Waals surface area contributed by atoms with Gasteiger partial charge in [-0.2, -0.15) is 0 Å². The molecule has 0 bridgehead atoms. The number of amides is 4. The van der Waals surface area contributed by atoms with Crippen LogP contribution in [-0.2, 0) is 22.7 Å². The Hall–Kier alpha value is -2.54. The number of benzene rings is 1. The predicted molar refractivity (Wildman–Crippen MR) is 92.1 cm³/mol. The van der Waals surface area contributed by atoms with Crippen molar-refractivity contribution in [3.63, 3.8) is 0 Å². The minimum atomic E-state index is -0.616. The smallest absolute Gasteiger partial charge is 0.322 e. The molecular weight excluding hydrogens is 344 g/mol. The Labute approximate surface area is 148 Å². The van der Waals surface area contributed by atoms with Crippen LogP contribution < -0.4 is 10.6 Å². The topological polar surface area (TPSA) is 83.4 Å². The van der Waals surface area contributed by atoms with E-state index in [1.807, 2.05) is 18.2 Å². The van der Waals surface area contributed by atoms with Gasteiger partial charge >= 0.3 is 6.03 Å². The first-order chi connectivity index (χ1) is 12.0. The molecule has 4 rings (SSSR count). The van der Waals surface area contributed by atoms with Crippen molar-refractivity contribution >= 4 is 40.3 Å². The largest absolute Gasteiger partial charge is 0.341 e. The minimum Gasteiger partial charge on any atom is -0.341 e. The zero-order valence-electron chi connectivity index (χ0n) is 13.4. The van der Waals surface area contributed by atoms with Gasteiger partial charge in [0.15, 0.2) is 0 Å². The Morgan fingerprint density at radius 2 is 2.08 bits per heavy atom. The predicted octanol–water partition coefficient (Wildman–Crippen LogP) is 1.63. The number of hydrogen-bond acceptors (Lipinski definition) is 3. The summed E-state index contributed by atoms with van der Waals surface area (Å²) in [5, 5.41) is 6.50.